The first-order chi connectivity index (χ1) is 17.5. The number of carbonyl (C=O) groups excluding carboxylic acids is 1. The maximum Gasteiger partial charge on any atom is 1.00 e. The number of halogens is 2. The molecule has 0 bridgehead atoms. The van der Waals surface area contributed by atoms with Crippen molar-refractivity contribution in [2.24, 2.45) is 10.2 Å². The molecule has 0 fully saturated rings. The topological polar surface area (TPSA) is 140 Å². The van der Waals surface area contributed by atoms with Crippen molar-refractivity contribution < 1.29 is 57.2 Å². The predicted molar refractivity (Wildman–Crippen MR) is 140 cm³/mol. The number of hydrogen-bond acceptors (Lipinski definition) is 7. The Labute approximate surface area is 250 Å². The fourth-order valence-electron chi connectivity index (χ4n) is 3.61. The summed E-state index contributed by atoms with van der Waals surface area (Å²) >= 11 is 12.2. The van der Waals surface area contributed by atoms with E-state index >= 15 is 0 Å². The number of nitrogens with zero attached hydrogens (tertiary/aromatic N) is 2. The normalized spacial score (nSPS) is 11.4. The van der Waals surface area contributed by atoms with Crippen LogP contribution in [0.1, 0.15) is 15.9 Å². The van der Waals surface area contributed by atoms with Crippen LogP contribution >= 0.6 is 23.2 Å². The molecule has 0 atom stereocenters. The second-order valence-electron chi connectivity index (χ2n) is 7.84. The summed E-state index contributed by atoms with van der Waals surface area (Å²) in [5.41, 5.74) is -0.0865. The first kappa shape index (κ1) is 29.9. The number of azo groups is 1. The number of aryl methyl sites for hydroxylation is 1. The number of benzene rings is 4. The Morgan fingerprint density at radius 2 is 1.68 bits per heavy atom. The van der Waals surface area contributed by atoms with E-state index in [2.05, 4.69) is 15.5 Å². The van der Waals surface area contributed by atoms with E-state index in [1.54, 1.807) is 30.3 Å². The molecule has 0 aliphatic heterocycles. The molecule has 0 spiro atoms. The third-order valence-corrected chi connectivity index (χ3v) is 7.11. The molecule has 13 heteroatoms. The van der Waals surface area contributed by atoms with Gasteiger partial charge in [0.2, 0.25) is 0 Å². The molecule has 0 unspecified atom stereocenters. The summed E-state index contributed by atoms with van der Waals surface area (Å²) in [6.45, 7) is 1.54. The summed E-state index contributed by atoms with van der Waals surface area (Å²) in [7, 11) is -3.28. The SMILES string of the molecule is COc1ccc(NC(=O)c2cc3ccccc3c(N=Nc3c(C)ccc(Cl)c3S(=O)(=O)O)c2[O-])c(Cl)c1.[Na+]. The van der Waals surface area contributed by atoms with E-state index in [-0.39, 0.29) is 62.2 Å². The summed E-state index contributed by atoms with van der Waals surface area (Å²) < 4.78 is 38.6. The van der Waals surface area contributed by atoms with E-state index in [4.69, 9.17) is 27.9 Å². The molecule has 0 saturated heterocycles. The second-order valence-corrected chi connectivity index (χ2v) is 10.0. The van der Waals surface area contributed by atoms with Gasteiger partial charge in [-0.25, -0.2) is 0 Å². The Bertz CT molecular complexity index is 1700. The van der Waals surface area contributed by atoms with Gasteiger partial charge < -0.3 is 15.2 Å². The van der Waals surface area contributed by atoms with Gasteiger partial charge in [-0.1, -0.05) is 59.3 Å². The van der Waals surface area contributed by atoms with Gasteiger partial charge in [0.25, 0.3) is 16.0 Å². The van der Waals surface area contributed by atoms with E-state index in [9.17, 15) is 22.9 Å². The van der Waals surface area contributed by atoms with E-state index in [1.165, 1.54) is 44.4 Å². The summed E-state index contributed by atoms with van der Waals surface area (Å²) in [6, 6.07) is 15.5. The van der Waals surface area contributed by atoms with Crippen LogP contribution in [0.5, 0.6) is 11.5 Å². The fourth-order valence-corrected chi connectivity index (χ4v) is 5.03. The maximum atomic E-state index is 13.4. The molecule has 4 aromatic carbocycles. The number of amides is 1. The van der Waals surface area contributed by atoms with Gasteiger partial charge in [-0.15, -0.1) is 5.11 Å². The molecule has 4 aromatic rings. The molecule has 0 aliphatic rings. The van der Waals surface area contributed by atoms with Crippen LogP contribution in [0.3, 0.4) is 0 Å². The van der Waals surface area contributed by atoms with Crippen molar-refractivity contribution in [3.05, 3.63) is 81.8 Å². The van der Waals surface area contributed by atoms with Gasteiger partial charge in [0.15, 0.2) is 0 Å². The van der Waals surface area contributed by atoms with Gasteiger partial charge in [0.1, 0.15) is 16.3 Å². The van der Waals surface area contributed by atoms with Crippen molar-refractivity contribution in [1.29, 1.82) is 0 Å². The predicted octanol–water partition coefficient (Wildman–Crippen LogP) is 3.46. The van der Waals surface area contributed by atoms with Crippen LogP contribution in [0.4, 0.5) is 17.1 Å². The molecular weight excluding hydrogens is 564 g/mol. The number of nitrogens with one attached hydrogen (secondary N) is 1. The van der Waals surface area contributed by atoms with Gasteiger partial charge in [0.05, 0.1) is 28.5 Å². The van der Waals surface area contributed by atoms with Crippen molar-refractivity contribution in [1.82, 2.24) is 0 Å². The number of ether oxygens (including phenoxy) is 1. The van der Waals surface area contributed by atoms with E-state index in [0.29, 0.717) is 22.1 Å². The molecule has 38 heavy (non-hydrogen) atoms. The van der Waals surface area contributed by atoms with Gasteiger partial charge in [-0.05, 0) is 42.1 Å². The Kier molecular flexibility index (Phi) is 9.43. The Morgan fingerprint density at radius 1 is 1.00 bits per heavy atom. The number of hydrogen-bond donors (Lipinski definition) is 2. The van der Waals surface area contributed by atoms with Crippen LogP contribution in [-0.4, -0.2) is 26.0 Å². The summed E-state index contributed by atoms with van der Waals surface area (Å²) in [6.07, 6.45) is 0. The largest absolute Gasteiger partial charge is 1.00 e. The number of anilines is 1. The van der Waals surface area contributed by atoms with Crippen LogP contribution in [0.2, 0.25) is 10.0 Å². The molecule has 0 radical (unpaired) electrons. The van der Waals surface area contributed by atoms with Crippen LogP contribution in [0, 0.1) is 6.92 Å². The van der Waals surface area contributed by atoms with Crippen molar-refractivity contribution in [2.45, 2.75) is 11.8 Å². The Morgan fingerprint density at radius 3 is 2.34 bits per heavy atom. The van der Waals surface area contributed by atoms with E-state index < -0.39 is 26.7 Å². The number of rotatable bonds is 6. The zero-order valence-corrected chi connectivity index (χ0v) is 24.6. The molecule has 0 aliphatic carbocycles. The number of fused-ring (bicyclic) bond motifs is 1. The molecule has 0 saturated carbocycles. The monoisotopic (exact) mass is 581 g/mol. The van der Waals surface area contributed by atoms with Crippen molar-refractivity contribution in [3.8, 4) is 11.5 Å². The number of methoxy groups -OCH3 is 1. The smallest absolute Gasteiger partial charge is 0.870 e. The molecule has 0 heterocycles. The molecule has 9 nitrogen and oxygen atoms in total. The van der Waals surface area contributed by atoms with Gasteiger partial charge in [-0.2, -0.15) is 13.5 Å². The molecule has 190 valence electrons. The quantitative estimate of drug-likeness (QED) is 0.203. The third kappa shape index (κ3) is 6.13. The average Bonchev–Trinajstić information content (AvgIpc) is 2.85. The fraction of sp³-hybridized carbons (Fsp3) is 0.0800. The molecular formula is C25H18Cl2N3NaO6S. The zero-order chi connectivity index (χ0) is 26.9. The Balaban J connectivity index is 0.00000400. The van der Waals surface area contributed by atoms with Crippen molar-refractivity contribution >= 4 is 67.1 Å². The van der Waals surface area contributed by atoms with Crippen LogP contribution < -0.4 is 44.7 Å². The minimum atomic E-state index is -4.76. The van der Waals surface area contributed by atoms with Gasteiger partial charge in [0, 0.05) is 17.0 Å². The van der Waals surface area contributed by atoms with Crippen LogP contribution in [0.25, 0.3) is 10.8 Å². The average molecular weight is 582 g/mol. The first-order valence-electron chi connectivity index (χ1n) is 10.6. The third-order valence-electron chi connectivity index (χ3n) is 5.44. The van der Waals surface area contributed by atoms with Crippen LogP contribution in [-0.2, 0) is 10.1 Å². The minimum absolute atomic E-state index is 0. The standard InChI is InChI=1S/C25H19Cl2N3O6S.Na/c1-13-7-9-18(26)24(37(33,34)35)21(13)29-30-22-16-6-4-3-5-14(16)11-17(23(22)31)25(32)28-20-10-8-15(36-2)12-19(20)27;/h3-12,31H,1-2H3,(H,28,32)(H,33,34,35);/q;+1/p-1. The van der Waals surface area contributed by atoms with Crippen molar-refractivity contribution in [2.75, 3.05) is 12.4 Å². The Hall–Kier alpha value is -2.70. The maximum absolute atomic E-state index is 13.4. The minimum Gasteiger partial charge on any atom is -0.870 e. The second kappa shape index (κ2) is 12.0. The molecule has 0 aromatic heterocycles. The van der Waals surface area contributed by atoms with Crippen molar-refractivity contribution in [3.63, 3.8) is 0 Å². The molecule has 1 amide bonds. The van der Waals surface area contributed by atoms with E-state index in [1.807, 2.05) is 0 Å². The molecule has 2 N–H and O–H groups in total. The summed E-state index contributed by atoms with van der Waals surface area (Å²) in [5.74, 6) is -1.00. The van der Waals surface area contributed by atoms with Gasteiger partial charge in [-0.3, -0.25) is 9.35 Å². The summed E-state index contributed by atoms with van der Waals surface area (Å²) in [4.78, 5) is 12.5. The number of carbonyl (C=O) groups is 1. The van der Waals surface area contributed by atoms with Gasteiger partial charge >= 0.3 is 29.6 Å². The van der Waals surface area contributed by atoms with E-state index in [0.717, 1.165) is 0 Å². The van der Waals surface area contributed by atoms with Crippen LogP contribution in [0.15, 0.2) is 75.8 Å². The summed E-state index contributed by atoms with van der Waals surface area (Å²) in [5, 5.41) is 24.8. The zero-order valence-electron chi connectivity index (χ0n) is 20.3. The first-order valence-corrected chi connectivity index (χ1v) is 12.8. The molecule has 4 rings (SSSR count).